The van der Waals surface area contributed by atoms with Gasteiger partial charge in [-0.25, -0.2) is 0 Å². The first-order valence-corrected chi connectivity index (χ1v) is 11.5. The van der Waals surface area contributed by atoms with Gasteiger partial charge in [-0.15, -0.1) is 0 Å². The summed E-state index contributed by atoms with van der Waals surface area (Å²) < 4.78 is 4.97. The Balaban J connectivity index is 1.94. The predicted molar refractivity (Wildman–Crippen MR) is 134 cm³/mol. The highest BCUT2D eigenvalue weighted by molar-refractivity contribution is 6.10. The summed E-state index contributed by atoms with van der Waals surface area (Å²) in [5, 5.41) is 7.48. The molecule has 8 heteroatoms. The van der Waals surface area contributed by atoms with Crippen LogP contribution >= 0.6 is 0 Å². The van der Waals surface area contributed by atoms with E-state index in [1.807, 2.05) is 13.8 Å². The van der Waals surface area contributed by atoms with Gasteiger partial charge < -0.3 is 20.3 Å². The number of carbonyl (C=O) groups is 3. The number of hydrogen-bond acceptors (Lipinski definition) is 5. The van der Waals surface area contributed by atoms with Gasteiger partial charge in [0.25, 0.3) is 5.91 Å². The van der Waals surface area contributed by atoms with Gasteiger partial charge in [-0.2, -0.15) is 0 Å². The van der Waals surface area contributed by atoms with Crippen molar-refractivity contribution in [1.29, 1.82) is 5.41 Å². The minimum absolute atomic E-state index is 0.0122. The zero-order chi connectivity index (χ0) is 25.5. The summed E-state index contributed by atoms with van der Waals surface area (Å²) in [6.45, 7) is 6.46. The fourth-order valence-corrected chi connectivity index (χ4v) is 3.73. The van der Waals surface area contributed by atoms with Crippen LogP contribution in [0.5, 0.6) is 0 Å². The number of amidine groups is 1. The van der Waals surface area contributed by atoms with Gasteiger partial charge in [0.05, 0.1) is 24.3 Å². The fraction of sp³-hybridized carbons (Fsp3) is 0.333. The van der Waals surface area contributed by atoms with E-state index in [9.17, 15) is 14.4 Å². The van der Waals surface area contributed by atoms with E-state index in [4.69, 9.17) is 15.9 Å². The molecule has 2 aromatic rings. The largest absolute Gasteiger partial charge is 0.466 e. The Bertz CT molecular complexity index is 1190. The second kappa shape index (κ2) is 11.3. The normalized spacial score (nSPS) is 13.1. The molecule has 3 N–H and O–H groups in total. The van der Waals surface area contributed by atoms with Gasteiger partial charge in [-0.1, -0.05) is 37.8 Å². The Morgan fingerprint density at radius 1 is 1.11 bits per heavy atom. The van der Waals surface area contributed by atoms with E-state index in [1.165, 1.54) is 4.90 Å². The third kappa shape index (κ3) is 6.48. The second-order valence-corrected chi connectivity index (χ2v) is 8.65. The van der Waals surface area contributed by atoms with Crippen LogP contribution in [0.2, 0.25) is 0 Å². The second-order valence-electron chi connectivity index (χ2n) is 8.65. The molecule has 0 saturated carbocycles. The van der Waals surface area contributed by atoms with Gasteiger partial charge in [-0.3, -0.25) is 19.8 Å². The van der Waals surface area contributed by atoms with Crippen molar-refractivity contribution in [3.63, 3.8) is 0 Å². The van der Waals surface area contributed by atoms with E-state index in [-0.39, 0.29) is 49.7 Å². The summed E-state index contributed by atoms with van der Waals surface area (Å²) in [4.78, 5) is 41.4. The minimum Gasteiger partial charge on any atom is -0.466 e. The molecule has 3 rings (SSSR count). The van der Waals surface area contributed by atoms with E-state index in [2.05, 4.69) is 11.8 Å². The van der Waals surface area contributed by atoms with E-state index in [0.717, 1.165) is 5.56 Å². The number of nitrogen functional groups attached to an aromatic ring is 1. The summed E-state index contributed by atoms with van der Waals surface area (Å²) in [5.41, 5.74) is 8.39. The number of fused-ring (bicyclic) bond motifs is 1. The standard InChI is InChI=1S/C27H30N4O4/c1-4-35-25(33)13-14-30-17-24(32)31(16-18(2)3)23-12-9-20(15-22(23)27(30)34)6-5-19-7-10-21(11-8-19)26(28)29/h7-12,15,18H,4,13-14,16-17H2,1-3H3,(H3,28,29). The van der Waals surface area contributed by atoms with Crippen LogP contribution in [0.25, 0.3) is 0 Å². The highest BCUT2D eigenvalue weighted by Gasteiger charge is 2.32. The lowest BCUT2D eigenvalue weighted by molar-refractivity contribution is -0.143. The third-order valence-corrected chi connectivity index (χ3v) is 5.42. The number of nitrogens with one attached hydrogen (secondary N) is 1. The van der Waals surface area contributed by atoms with E-state index >= 15 is 0 Å². The maximum Gasteiger partial charge on any atom is 0.307 e. The number of nitrogens with zero attached hydrogens (tertiary/aromatic N) is 2. The number of ether oxygens (including phenoxy) is 1. The molecule has 0 saturated heterocycles. The number of anilines is 1. The first kappa shape index (κ1) is 25.5. The predicted octanol–water partition coefficient (Wildman–Crippen LogP) is 2.77. The molecule has 0 unspecified atom stereocenters. The maximum absolute atomic E-state index is 13.4. The van der Waals surface area contributed by atoms with Crippen molar-refractivity contribution in [2.45, 2.75) is 27.2 Å². The van der Waals surface area contributed by atoms with Crippen LogP contribution in [0.1, 0.15) is 54.2 Å². The van der Waals surface area contributed by atoms with Gasteiger partial charge in [-0.05, 0) is 43.2 Å². The maximum atomic E-state index is 13.4. The summed E-state index contributed by atoms with van der Waals surface area (Å²) in [6.07, 6.45) is 0.0160. The Labute approximate surface area is 205 Å². The van der Waals surface area contributed by atoms with Gasteiger partial charge in [0.1, 0.15) is 12.4 Å². The van der Waals surface area contributed by atoms with Crippen molar-refractivity contribution in [1.82, 2.24) is 4.90 Å². The topological polar surface area (TPSA) is 117 Å². The molecule has 2 aromatic carbocycles. The molecule has 0 aliphatic carbocycles. The SMILES string of the molecule is CCOC(=O)CCN1CC(=O)N(CC(C)C)c2ccc(C#Cc3ccc(C(=N)N)cc3)cc2C1=O. The minimum atomic E-state index is -0.410. The van der Waals surface area contributed by atoms with Crippen LogP contribution in [-0.2, 0) is 14.3 Å². The van der Waals surface area contributed by atoms with Crippen LogP contribution < -0.4 is 10.6 Å². The van der Waals surface area contributed by atoms with Crippen LogP contribution in [0.4, 0.5) is 5.69 Å². The smallest absolute Gasteiger partial charge is 0.307 e. The molecule has 35 heavy (non-hydrogen) atoms. The van der Waals surface area contributed by atoms with Gasteiger partial charge in [0.15, 0.2) is 0 Å². The monoisotopic (exact) mass is 474 g/mol. The molecule has 8 nitrogen and oxygen atoms in total. The molecule has 0 bridgehead atoms. The number of carbonyl (C=O) groups excluding carboxylic acids is 3. The van der Waals surface area contributed by atoms with Crippen molar-refractivity contribution in [2.75, 3.05) is 31.1 Å². The van der Waals surface area contributed by atoms with Crippen molar-refractivity contribution in [3.8, 4) is 11.8 Å². The third-order valence-electron chi connectivity index (χ3n) is 5.42. The highest BCUT2D eigenvalue weighted by atomic mass is 16.5. The molecule has 182 valence electrons. The number of nitrogens with two attached hydrogens (primary N) is 1. The highest BCUT2D eigenvalue weighted by Crippen LogP contribution is 2.28. The molecule has 1 aliphatic rings. The van der Waals surface area contributed by atoms with E-state index in [0.29, 0.717) is 28.9 Å². The average Bonchev–Trinajstić information content (AvgIpc) is 2.92. The first-order chi connectivity index (χ1) is 16.7. The average molecular weight is 475 g/mol. The Hall–Kier alpha value is -4.12. The lowest BCUT2D eigenvalue weighted by Crippen LogP contribution is -2.41. The molecular weight excluding hydrogens is 444 g/mol. The number of hydrogen-bond donors (Lipinski definition) is 2. The number of esters is 1. The van der Waals surface area contributed by atoms with Crippen molar-refractivity contribution in [3.05, 3.63) is 64.7 Å². The van der Waals surface area contributed by atoms with Crippen LogP contribution in [0.15, 0.2) is 42.5 Å². The summed E-state index contributed by atoms with van der Waals surface area (Å²) >= 11 is 0. The molecule has 0 radical (unpaired) electrons. The van der Waals surface area contributed by atoms with Crippen molar-refractivity contribution in [2.24, 2.45) is 11.7 Å². The molecule has 0 fully saturated rings. The van der Waals surface area contributed by atoms with Crippen molar-refractivity contribution >= 4 is 29.3 Å². The Morgan fingerprint density at radius 3 is 2.40 bits per heavy atom. The first-order valence-electron chi connectivity index (χ1n) is 11.5. The Kier molecular flexibility index (Phi) is 8.26. The molecule has 2 amide bonds. The van der Waals surface area contributed by atoms with Crippen LogP contribution in [0.3, 0.4) is 0 Å². The van der Waals surface area contributed by atoms with Crippen molar-refractivity contribution < 1.29 is 19.1 Å². The van der Waals surface area contributed by atoms with Gasteiger partial charge >= 0.3 is 5.97 Å². The quantitative estimate of drug-likeness (QED) is 0.277. The zero-order valence-corrected chi connectivity index (χ0v) is 20.3. The number of rotatable bonds is 7. The summed E-state index contributed by atoms with van der Waals surface area (Å²) in [7, 11) is 0. The fourth-order valence-electron chi connectivity index (χ4n) is 3.73. The molecule has 1 heterocycles. The van der Waals surface area contributed by atoms with E-state index in [1.54, 1.807) is 54.3 Å². The molecule has 1 aliphatic heterocycles. The van der Waals surface area contributed by atoms with Crippen LogP contribution in [0, 0.1) is 23.2 Å². The Morgan fingerprint density at radius 2 is 1.77 bits per heavy atom. The molecular formula is C27H30N4O4. The van der Waals surface area contributed by atoms with E-state index < -0.39 is 5.97 Å². The van der Waals surface area contributed by atoms with Crippen LogP contribution in [-0.4, -0.2) is 54.8 Å². The molecule has 0 spiro atoms. The number of amides is 2. The lowest BCUT2D eigenvalue weighted by atomic mass is 10.0. The lowest BCUT2D eigenvalue weighted by Gasteiger charge is -2.24. The zero-order valence-electron chi connectivity index (χ0n) is 20.3. The summed E-state index contributed by atoms with van der Waals surface area (Å²) in [5.74, 6) is 5.38. The van der Waals surface area contributed by atoms with Gasteiger partial charge in [0.2, 0.25) is 5.91 Å². The summed E-state index contributed by atoms with van der Waals surface area (Å²) in [6, 6.07) is 12.2. The molecule has 0 atom stereocenters. The number of benzene rings is 2. The van der Waals surface area contributed by atoms with Gasteiger partial charge in [0, 0.05) is 29.8 Å². The molecule has 0 aromatic heterocycles.